The molecular formula is C26H27ClFN7. The third-order valence-corrected chi connectivity index (χ3v) is 6.35. The van der Waals surface area contributed by atoms with Crippen LogP contribution in [0, 0.1) is 12.7 Å². The van der Waals surface area contributed by atoms with Gasteiger partial charge in [0.05, 0.1) is 5.52 Å². The van der Waals surface area contributed by atoms with Crippen molar-refractivity contribution in [2.45, 2.75) is 13.5 Å². The molecule has 0 aliphatic carbocycles. The molecule has 0 spiro atoms. The summed E-state index contributed by atoms with van der Waals surface area (Å²) >= 11 is 6.10. The number of aryl methyl sites for hydroxylation is 1. The molecule has 5 rings (SSSR count). The smallest absolute Gasteiger partial charge is 0.227 e. The monoisotopic (exact) mass is 491 g/mol. The van der Waals surface area contributed by atoms with E-state index in [0.717, 1.165) is 54.2 Å². The Bertz CT molecular complexity index is 1360. The maximum atomic E-state index is 14.7. The number of nitrogens with zero attached hydrogens (tertiary/aromatic N) is 5. The van der Waals surface area contributed by atoms with Crippen molar-refractivity contribution in [1.82, 2.24) is 19.9 Å². The molecule has 0 amide bonds. The molecule has 1 saturated heterocycles. The quantitative estimate of drug-likeness (QED) is 0.382. The first-order chi connectivity index (χ1) is 16.9. The maximum absolute atomic E-state index is 14.7. The number of anilines is 4. The largest absolute Gasteiger partial charge is 0.366 e. The number of pyridine rings is 1. The van der Waals surface area contributed by atoms with Crippen LogP contribution in [0.3, 0.4) is 0 Å². The van der Waals surface area contributed by atoms with Crippen LogP contribution in [-0.4, -0.2) is 53.1 Å². The number of fused-ring (bicyclic) bond motifs is 1. The van der Waals surface area contributed by atoms with Crippen LogP contribution in [0.2, 0.25) is 5.02 Å². The van der Waals surface area contributed by atoms with Gasteiger partial charge in [0.2, 0.25) is 5.95 Å². The van der Waals surface area contributed by atoms with Crippen LogP contribution in [0.25, 0.3) is 10.9 Å². The van der Waals surface area contributed by atoms with E-state index in [1.165, 1.54) is 6.07 Å². The van der Waals surface area contributed by atoms with Gasteiger partial charge < -0.3 is 20.4 Å². The first kappa shape index (κ1) is 23.3. The molecule has 4 aromatic rings. The molecule has 0 radical (unpaired) electrons. The summed E-state index contributed by atoms with van der Waals surface area (Å²) in [6.07, 6.45) is 1.72. The summed E-state index contributed by atoms with van der Waals surface area (Å²) < 4.78 is 14.7. The zero-order chi connectivity index (χ0) is 24.4. The molecular weight excluding hydrogens is 465 g/mol. The minimum Gasteiger partial charge on any atom is -0.366 e. The average molecular weight is 492 g/mol. The molecule has 2 N–H and O–H groups in total. The van der Waals surface area contributed by atoms with E-state index in [-0.39, 0.29) is 5.82 Å². The molecule has 35 heavy (non-hydrogen) atoms. The van der Waals surface area contributed by atoms with Gasteiger partial charge in [0, 0.05) is 78.0 Å². The fraction of sp³-hybridized carbons (Fsp3) is 0.269. The molecule has 2 aromatic carbocycles. The lowest BCUT2D eigenvalue weighted by molar-refractivity contribution is 0.311. The number of piperazine rings is 1. The van der Waals surface area contributed by atoms with Crippen molar-refractivity contribution in [1.29, 1.82) is 0 Å². The zero-order valence-electron chi connectivity index (χ0n) is 19.7. The summed E-state index contributed by atoms with van der Waals surface area (Å²) in [4.78, 5) is 18.2. The van der Waals surface area contributed by atoms with Crippen molar-refractivity contribution >= 4 is 45.6 Å². The highest BCUT2D eigenvalue weighted by molar-refractivity contribution is 6.31. The molecule has 1 aliphatic rings. The molecule has 2 aromatic heterocycles. The highest BCUT2D eigenvalue weighted by Gasteiger charge is 2.17. The van der Waals surface area contributed by atoms with Gasteiger partial charge in [0.1, 0.15) is 11.6 Å². The summed E-state index contributed by atoms with van der Waals surface area (Å²) in [5, 5.41) is 8.23. The van der Waals surface area contributed by atoms with Gasteiger partial charge in [0.25, 0.3) is 0 Å². The van der Waals surface area contributed by atoms with E-state index in [1.807, 2.05) is 37.3 Å². The third kappa shape index (κ3) is 5.44. The molecule has 1 aliphatic heterocycles. The Balaban J connectivity index is 1.32. The summed E-state index contributed by atoms with van der Waals surface area (Å²) in [6, 6.07) is 14.4. The standard InChI is InChI=1S/C26H27ClFN7/c1-17-13-25(33-26(31-17)35-11-9-34(2)10-12-35)30-16-18-14-20(4-6-22(18)28)32-23-7-8-29-24-15-19(27)3-5-21(23)24/h3-8,13-15H,9-12,16H2,1-2H3,(H,29,32)(H,30,31,33). The van der Waals surface area contributed by atoms with Crippen LogP contribution in [0.4, 0.5) is 27.5 Å². The Morgan fingerprint density at radius 1 is 1.00 bits per heavy atom. The molecule has 9 heteroatoms. The lowest BCUT2D eigenvalue weighted by Gasteiger charge is -2.32. The van der Waals surface area contributed by atoms with E-state index in [1.54, 1.807) is 18.3 Å². The van der Waals surface area contributed by atoms with Crippen LogP contribution in [0.5, 0.6) is 0 Å². The molecule has 7 nitrogen and oxygen atoms in total. The number of benzene rings is 2. The molecule has 1 fully saturated rings. The van der Waals surface area contributed by atoms with Gasteiger partial charge in [-0.15, -0.1) is 0 Å². The predicted molar refractivity (Wildman–Crippen MR) is 140 cm³/mol. The van der Waals surface area contributed by atoms with Crippen molar-refractivity contribution in [3.8, 4) is 0 Å². The van der Waals surface area contributed by atoms with E-state index < -0.39 is 0 Å². The lowest BCUT2D eigenvalue weighted by atomic mass is 10.1. The van der Waals surface area contributed by atoms with E-state index >= 15 is 0 Å². The van der Waals surface area contributed by atoms with Crippen LogP contribution in [-0.2, 0) is 6.54 Å². The minimum atomic E-state index is -0.278. The van der Waals surface area contributed by atoms with E-state index in [4.69, 9.17) is 11.6 Å². The normalized spacial score (nSPS) is 14.3. The zero-order valence-corrected chi connectivity index (χ0v) is 20.5. The Kier molecular flexibility index (Phi) is 6.66. The van der Waals surface area contributed by atoms with E-state index in [2.05, 4.69) is 42.4 Å². The molecule has 3 heterocycles. The lowest BCUT2D eigenvalue weighted by Crippen LogP contribution is -2.45. The number of hydrogen-bond acceptors (Lipinski definition) is 7. The second kappa shape index (κ2) is 10.0. The number of aromatic nitrogens is 3. The van der Waals surface area contributed by atoms with Crippen molar-refractivity contribution in [2.24, 2.45) is 0 Å². The Morgan fingerprint density at radius 3 is 2.66 bits per heavy atom. The molecule has 0 atom stereocenters. The van der Waals surface area contributed by atoms with Crippen molar-refractivity contribution < 1.29 is 4.39 Å². The number of nitrogens with one attached hydrogen (secondary N) is 2. The topological polar surface area (TPSA) is 69.2 Å². The highest BCUT2D eigenvalue weighted by Crippen LogP contribution is 2.28. The van der Waals surface area contributed by atoms with Gasteiger partial charge in [-0.05, 0) is 56.4 Å². The molecule has 0 unspecified atom stereocenters. The molecule has 0 saturated carbocycles. The van der Waals surface area contributed by atoms with Gasteiger partial charge in [-0.25, -0.2) is 9.37 Å². The third-order valence-electron chi connectivity index (χ3n) is 6.12. The summed E-state index contributed by atoms with van der Waals surface area (Å²) in [5.41, 5.74) is 3.86. The van der Waals surface area contributed by atoms with Gasteiger partial charge in [0.15, 0.2) is 0 Å². The van der Waals surface area contributed by atoms with Crippen LogP contribution < -0.4 is 15.5 Å². The number of halogens is 2. The average Bonchev–Trinajstić information content (AvgIpc) is 2.84. The van der Waals surface area contributed by atoms with Crippen LogP contribution >= 0.6 is 11.6 Å². The van der Waals surface area contributed by atoms with E-state index in [9.17, 15) is 4.39 Å². The van der Waals surface area contributed by atoms with Crippen molar-refractivity contribution in [3.63, 3.8) is 0 Å². The fourth-order valence-corrected chi connectivity index (χ4v) is 4.32. The summed E-state index contributed by atoms with van der Waals surface area (Å²) in [6.45, 7) is 5.97. The summed E-state index contributed by atoms with van der Waals surface area (Å²) in [7, 11) is 2.12. The summed E-state index contributed by atoms with van der Waals surface area (Å²) in [5.74, 6) is 1.11. The minimum absolute atomic E-state index is 0.278. The number of likely N-dealkylation sites (N-methyl/N-ethyl adjacent to an activating group) is 1. The highest BCUT2D eigenvalue weighted by atomic mass is 35.5. The SMILES string of the molecule is Cc1cc(NCc2cc(Nc3ccnc4cc(Cl)ccc34)ccc2F)nc(N2CCN(C)CC2)n1. The number of rotatable bonds is 6. The second-order valence-corrected chi connectivity index (χ2v) is 9.23. The van der Waals surface area contributed by atoms with Gasteiger partial charge in [-0.3, -0.25) is 4.98 Å². The first-order valence-electron chi connectivity index (χ1n) is 11.6. The Labute approximate surface area is 209 Å². The fourth-order valence-electron chi connectivity index (χ4n) is 4.15. The predicted octanol–water partition coefficient (Wildman–Crippen LogP) is 5.23. The Hall–Kier alpha value is -3.49. The van der Waals surface area contributed by atoms with Gasteiger partial charge in [-0.1, -0.05) is 11.6 Å². The van der Waals surface area contributed by atoms with Gasteiger partial charge in [-0.2, -0.15) is 4.98 Å². The van der Waals surface area contributed by atoms with E-state index in [0.29, 0.717) is 28.9 Å². The Morgan fingerprint density at radius 2 is 1.83 bits per heavy atom. The van der Waals surface area contributed by atoms with Crippen LogP contribution in [0.1, 0.15) is 11.3 Å². The number of hydrogen-bond donors (Lipinski definition) is 2. The van der Waals surface area contributed by atoms with Gasteiger partial charge >= 0.3 is 0 Å². The molecule has 0 bridgehead atoms. The van der Waals surface area contributed by atoms with Crippen molar-refractivity contribution in [2.75, 3.05) is 48.8 Å². The molecule has 180 valence electrons. The van der Waals surface area contributed by atoms with Crippen molar-refractivity contribution in [3.05, 3.63) is 76.8 Å². The second-order valence-electron chi connectivity index (χ2n) is 8.79. The maximum Gasteiger partial charge on any atom is 0.227 e. The van der Waals surface area contributed by atoms with Crippen LogP contribution in [0.15, 0.2) is 54.7 Å². The first-order valence-corrected chi connectivity index (χ1v) is 12.0.